The Morgan fingerprint density at radius 1 is 1.12 bits per heavy atom. The van der Waals surface area contributed by atoms with Crippen LogP contribution in [-0.2, 0) is 27.7 Å². The van der Waals surface area contributed by atoms with Crippen LogP contribution < -0.4 is 9.62 Å². The lowest BCUT2D eigenvalue weighted by Gasteiger charge is -2.36. The topological polar surface area (TPSA) is 66.5 Å². The first-order valence-electron chi connectivity index (χ1n) is 8.62. The van der Waals surface area contributed by atoms with E-state index in [9.17, 15) is 17.6 Å². The molecule has 26 heavy (non-hydrogen) atoms. The summed E-state index contributed by atoms with van der Waals surface area (Å²) >= 11 is 0. The fraction of sp³-hybridized carbons (Fsp3) is 0.316. The number of rotatable bonds is 2. The quantitative estimate of drug-likeness (QED) is 0.878. The van der Waals surface area contributed by atoms with Gasteiger partial charge in [-0.05, 0) is 55.5 Å². The Morgan fingerprint density at radius 2 is 1.88 bits per heavy atom. The first kappa shape index (κ1) is 17.0. The van der Waals surface area contributed by atoms with Crippen molar-refractivity contribution in [3.63, 3.8) is 0 Å². The Hall–Kier alpha value is -2.41. The Balaban J connectivity index is 1.84. The fourth-order valence-electron chi connectivity index (χ4n) is 3.71. The molecule has 2 aliphatic rings. The van der Waals surface area contributed by atoms with Gasteiger partial charge in [-0.3, -0.25) is 9.10 Å². The zero-order valence-corrected chi connectivity index (χ0v) is 15.1. The molecular weight excluding hydrogens is 355 g/mol. The maximum Gasteiger partial charge on any atom is 0.267 e. The molecule has 0 fully saturated rings. The lowest BCUT2D eigenvalue weighted by atomic mass is 9.99. The third-order valence-corrected chi connectivity index (χ3v) is 6.99. The van der Waals surface area contributed by atoms with Crippen molar-refractivity contribution in [3.05, 3.63) is 53.3 Å². The van der Waals surface area contributed by atoms with Gasteiger partial charge in [-0.15, -0.1) is 0 Å². The average Bonchev–Trinajstić information content (AvgIpc) is 2.60. The van der Waals surface area contributed by atoms with Gasteiger partial charge in [-0.2, -0.15) is 0 Å². The van der Waals surface area contributed by atoms with E-state index < -0.39 is 15.8 Å². The molecule has 0 aliphatic carbocycles. The number of halogens is 1. The van der Waals surface area contributed by atoms with E-state index in [0.29, 0.717) is 29.8 Å². The highest BCUT2D eigenvalue weighted by Crippen LogP contribution is 2.37. The number of carbonyl (C=O) groups is 1. The van der Waals surface area contributed by atoms with Crippen LogP contribution in [0.3, 0.4) is 0 Å². The molecule has 0 radical (unpaired) electrons. The van der Waals surface area contributed by atoms with Crippen LogP contribution in [0, 0.1) is 5.82 Å². The molecule has 4 rings (SSSR count). The van der Waals surface area contributed by atoms with Gasteiger partial charge in [0.05, 0.1) is 5.69 Å². The number of aryl methyl sites for hydroxylation is 2. The van der Waals surface area contributed by atoms with E-state index in [0.717, 1.165) is 18.1 Å². The highest BCUT2D eigenvalue weighted by molar-refractivity contribution is 7.92. The van der Waals surface area contributed by atoms with E-state index in [1.807, 2.05) is 19.1 Å². The molecule has 2 aromatic carbocycles. The monoisotopic (exact) mass is 374 g/mol. The molecular formula is C19H19FN2O3S. The van der Waals surface area contributed by atoms with Crippen LogP contribution in [0.1, 0.15) is 30.9 Å². The SMILES string of the molecule is C[C@@H]1CCc2ccccc2N1S(=O)(=O)c1cc2c(cc1F)NC(=O)CC2. The van der Waals surface area contributed by atoms with Crippen molar-refractivity contribution < 1.29 is 17.6 Å². The number of nitrogens with zero attached hydrogens (tertiary/aromatic N) is 1. The molecule has 1 N–H and O–H groups in total. The van der Waals surface area contributed by atoms with Crippen molar-refractivity contribution in [2.75, 3.05) is 9.62 Å². The first-order chi connectivity index (χ1) is 12.4. The van der Waals surface area contributed by atoms with E-state index >= 15 is 0 Å². The third-order valence-electron chi connectivity index (χ3n) is 5.05. The van der Waals surface area contributed by atoms with Crippen molar-refractivity contribution in [2.45, 2.75) is 43.5 Å². The number of carbonyl (C=O) groups excluding carboxylic acids is 1. The molecule has 1 atom stereocenters. The van der Waals surface area contributed by atoms with E-state index in [1.165, 1.54) is 10.4 Å². The molecule has 7 heteroatoms. The largest absolute Gasteiger partial charge is 0.326 e. The second-order valence-electron chi connectivity index (χ2n) is 6.81. The molecule has 0 aromatic heterocycles. The van der Waals surface area contributed by atoms with Crippen LogP contribution in [0.5, 0.6) is 0 Å². The molecule has 0 saturated heterocycles. The Bertz CT molecular complexity index is 1000. The van der Waals surface area contributed by atoms with Crippen LogP contribution in [0.4, 0.5) is 15.8 Å². The summed E-state index contributed by atoms with van der Waals surface area (Å²) in [7, 11) is -4.06. The van der Waals surface area contributed by atoms with Crippen LogP contribution in [0.2, 0.25) is 0 Å². The minimum absolute atomic E-state index is 0.189. The van der Waals surface area contributed by atoms with Crippen molar-refractivity contribution in [2.24, 2.45) is 0 Å². The molecule has 5 nitrogen and oxygen atoms in total. The molecule has 2 heterocycles. The zero-order valence-electron chi connectivity index (χ0n) is 14.3. The summed E-state index contributed by atoms with van der Waals surface area (Å²) in [6.45, 7) is 1.84. The van der Waals surface area contributed by atoms with Gasteiger partial charge in [0.2, 0.25) is 5.91 Å². The predicted octanol–water partition coefficient (Wildman–Crippen LogP) is 3.24. The zero-order chi connectivity index (χ0) is 18.5. The van der Waals surface area contributed by atoms with Gasteiger partial charge < -0.3 is 5.32 Å². The number of benzene rings is 2. The summed E-state index contributed by atoms with van der Waals surface area (Å²) in [6, 6.07) is 9.55. The second kappa shape index (κ2) is 6.09. The van der Waals surface area contributed by atoms with E-state index in [-0.39, 0.29) is 23.3 Å². The normalized spacial score (nSPS) is 19.5. The van der Waals surface area contributed by atoms with Crippen LogP contribution in [0.15, 0.2) is 41.3 Å². The van der Waals surface area contributed by atoms with Crippen LogP contribution in [0.25, 0.3) is 0 Å². The lowest BCUT2D eigenvalue weighted by Crippen LogP contribution is -2.42. The highest BCUT2D eigenvalue weighted by Gasteiger charge is 2.36. The van der Waals surface area contributed by atoms with E-state index in [4.69, 9.17) is 0 Å². The highest BCUT2D eigenvalue weighted by atomic mass is 32.2. The van der Waals surface area contributed by atoms with E-state index in [1.54, 1.807) is 12.1 Å². The number of amides is 1. The molecule has 0 spiro atoms. The standard InChI is InChI=1S/C19H19FN2O3S/c1-12-6-7-13-4-2-3-5-17(13)22(12)26(24,25)18-10-14-8-9-19(23)21-16(14)11-15(18)20/h2-5,10-12H,6-9H2,1H3,(H,21,23)/t12-/m1/s1. The van der Waals surface area contributed by atoms with Crippen molar-refractivity contribution in [3.8, 4) is 0 Å². The van der Waals surface area contributed by atoms with Gasteiger partial charge in [0.15, 0.2) is 0 Å². The molecule has 0 bridgehead atoms. The summed E-state index contributed by atoms with van der Waals surface area (Å²) in [5.41, 5.74) is 2.55. The minimum atomic E-state index is -4.06. The number of anilines is 2. The first-order valence-corrected chi connectivity index (χ1v) is 10.1. The number of fused-ring (bicyclic) bond motifs is 2. The maximum absolute atomic E-state index is 14.7. The van der Waals surface area contributed by atoms with Gasteiger partial charge in [0.1, 0.15) is 10.7 Å². The second-order valence-corrected chi connectivity index (χ2v) is 8.59. The maximum atomic E-state index is 14.7. The number of para-hydroxylation sites is 1. The van der Waals surface area contributed by atoms with E-state index in [2.05, 4.69) is 5.32 Å². The van der Waals surface area contributed by atoms with Gasteiger partial charge >= 0.3 is 0 Å². The molecule has 1 amide bonds. The number of hydrogen-bond donors (Lipinski definition) is 1. The summed E-state index contributed by atoms with van der Waals surface area (Å²) in [5.74, 6) is -1.03. The summed E-state index contributed by atoms with van der Waals surface area (Å²) in [5, 5.41) is 2.60. The Labute approximate surface area is 151 Å². The molecule has 136 valence electrons. The summed E-state index contributed by atoms with van der Waals surface area (Å²) in [4.78, 5) is 11.1. The lowest BCUT2D eigenvalue weighted by molar-refractivity contribution is -0.116. The van der Waals surface area contributed by atoms with Gasteiger partial charge in [0, 0.05) is 18.2 Å². The predicted molar refractivity (Wildman–Crippen MR) is 97.2 cm³/mol. The van der Waals surface area contributed by atoms with Crippen molar-refractivity contribution >= 4 is 27.3 Å². The third kappa shape index (κ3) is 2.67. The average molecular weight is 374 g/mol. The van der Waals surface area contributed by atoms with Crippen molar-refractivity contribution in [1.29, 1.82) is 0 Å². The van der Waals surface area contributed by atoms with Crippen LogP contribution >= 0.6 is 0 Å². The molecule has 0 saturated carbocycles. The fourth-order valence-corrected chi connectivity index (χ4v) is 5.53. The summed E-state index contributed by atoms with van der Waals surface area (Å²) in [6.07, 6.45) is 2.14. The van der Waals surface area contributed by atoms with Crippen LogP contribution in [-0.4, -0.2) is 20.4 Å². The molecule has 2 aliphatic heterocycles. The van der Waals surface area contributed by atoms with Crippen molar-refractivity contribution in [1.82, 2.24) is 0 Å². The number of hydrogen-bond acceptors (Lipinski definition) is 3. The summed E-state index contributed by atoms with van der Waals surface area (Å²) < 4.78 is 42.7. The van der Waals surface area contributed by atoms with Gasteiger partial charge in [0.25, 0.3) is 10.0 Å². The number of nitrogens with one attached hydrogen (secondary N) is 1. The van der Waals surface area contributed by atoms with Gasteiger partial charge in [-0.1, -0.05) is 18.2 Å². The van der Waals surface area contributed by atoms with Gasteiger partial charge in [-0.25, -0.2) is 12.8 Å². The Morgan fingerprint density at radius 3 is 2.69 bits per heavy atom. The Kier molecular flexibility index (Phi) is 3.99. The smallest absolute Gasteiger partial charge is 0.267 e. The molecule has 0 unspecified atom stereocenters. The molecule has 2 aromatic rings. The minimum Gasteiger partial charge on any atom is -0.326 e. The number of sulfonamides is 1.